The molecule has 1 aromatic heterocycles. The average Bonchev–Trinajstić information content (AvgIpc) is 2.92. The van der Waals surface area contributed by atoms with Crippen LogP contribution in [-0.4, -0.2) is 69.2 Å². The zero-order valence-electron chi connectivity index (χ0n) is 22.1. The lowest BCUT2D eigenvalue weighted by Crippen LogP contribution is -2.41. The standard InChI is InChI=1S/C27H30FN3O7S/c1-17-26(29-16-30-27(17)38-24-8-6-20(14-22(24)28)39(4,33)34)37-18-9-11-31(12-10-18)23(15-32)21-7-5-19(35-2)13-25(21)36-3/h5-8,13-16,18,23H,9-12H2,1-4H3. The topological polar surface area (TPSA) is 117 Å². The molecule has 2 aromatic carbocycles. The van der Waals surface area contributed by atoms with E-state index in [1.54, 1.807) is 33.3 Å². The monoisotopic (exact) mass is 559 g/mol. The number of ether oxygens (including phenoxy) is 4. The van der Waals surface area contributed by atoms with E-state index in [0.29, 0.717) is 48.9 Å². The van der Waals surface area contributed by atoms with Crippen molar-refractivity contribution >= 4 is 16.1 Å². The molecule has 3 aromatic rings. The number of hydrogen-bond donors (Lipinski definition) is 0. The first-order valence-corrected chi connectivity index (χ1v) is 14.1. The van der Waals surface area contributed by atoms with E-state index in [9.17, 15) is 17.6 Å². The van der Waals surface area contributed by atoms with Crippen molar-refractivity contribution in [3.05, 3.63) is 59.7 Å². The molecule has 1 fully saturated rings. The van der Waals surface area contributed by atoms with Gasteiger partial charge in [-0.15, -0.1) is 0 Å². The number of rotatable bonds is 10. The predicted molar refractivity (Wildman–Crippen MR) is 140 cm³/mol. The van der Waals surface area contributed by atoms with Crippen LogP contribution in [0, 0.1) is 12.7 Å². The van der Waals surface area contributed by atoms with Gasteiger partial charge in [0.15, 0.2) is 21.4 Å². The Morgan fingerprint density at radius 3 is 2.36 bits per heavy atom. The number of piperidine rings is 1. The number of carbonyl (C=O) groups is 1. The molecule has 1 aliphatic rings. The zero-order chi connectivity index (χ0) is 28.2. The maximum absolute atomic E-state index is 14.5. The van der Waals surface area contributed by atoms with Crippen LogP contribution in [0.3, 0.4) is 0 Å². The Morgan fingerprint density at radius 2 is 1.74 bits per heavy atom. The van der Waals surface area contributed by atoms with E-state index < -0.39 is 21.7 Å². The minimum atomic E-state index is -3.56. The first-order valence-electron chi connectivity index (χ1n) is 12.2. The van der Waals surface area contributed by atoms with Gasteiger partial charge in [-0.1, -0.05) is 0 Å². The van der Waals surface area contributed by atoms with Crippen LogP contribution in [-0.2, 0) is 14.6 Å². The molecule has 4 rings (SSSR count). The first kappa shape index (κ1) is 28.2. The molecule has 1 aliphatic heterocycles. The largest absolute Gasteiger partial charge is 0.497 e. The minimum Gasteiger partial charge on any atom is -0.497 e. The van der Waals surface area contributed by atoms with Gasteiger partial charge in [-0.25, -0.2) is 22.8 Å². The van der Waals surface area contributed by atoms with Crippen LogP contribution in [0.15, 0.2) is 47.6 Å². The fourth-order valence-corrected chi connectivity index (χ4v) is 5.02. The molecule has 0 bridgehead atoms. The summed E-state index contributed by atoms with van der Waals surface area (Å²) in [6.45, 7) is 2.91. The van der Waals surface area contributed by atoms with Crippen molar-refractivity contribution in [3.8, 4) is 29.0 Å². The number of carbonyl (C=O) groups excluding carboxylic acids is 1. The molecule has 0 amide bonds. The summed E-state index contributed by atoms with van der Waals surface area (Å²) in [6.07, 6.45) is 4.28. The molecule has 2 heterocycles. The van der Waals surface area contributed by atoms with Crippen LogP contribution >= 0.6 is 0 Å². The van der Waals surface area contributed by atoms with Gasteiger partial charge in [-0.05, 0) is 50.1 Å². The molecular formula is C27H30FN3O7S. The second kappa shape index (κ2) is 12.0. The van der Waals surface area contributed by atoms with Crippen LogP contribution in [0.1, 0.15) is 30.0 Å². The van der Waals surface area contributed by atoms with Crippen molar-refractivity contribution in [3.63, 3.8) is 0 Å². The fraction of sp³-hybridized carbons (Fsp3) is 0.370. The summed E-state index contributed by atoms with van der Waals surface area (Å²) in [7, 11) is -0.427. The molecule has 12 heteroatoms. The second-order valence-corrected chi connectivity index (χ2v) is 11.1. The molecule has 0 saturated carbocycles. The average molecular weight is 560 g/mol. The zero-order valence-corrected chi connectivity index (χ0v) is 22.9. The van der Waals surface area contributed by atoms with Gasteiger partial charge < -0.3 is 23.7 Å². The Hall–Kier alpha value is -3.77. The normalized spacial score (nSPS) is 15.4. The van der Waals surface area contributed by atoms with Gasteiger partial charge in [-0.2, -0.15) is 0 Å². The quantitative estimate of drug-likeness (QED) is 0.338. The highest BCUT2D eigenvalue weighted by Gasteiger charge is 2.29. The number of aromatic nitrogens is 2. The SMILES string of the molecule is COc1ccc(C(C=O)N2CCC(Oc3ncnc(Oc4ccc(S(C)(=O)=O)cc4F)c3C)CC2)c(OC)c1. The lowest BCUT2D eigenvalue weighted by atomic mass is 10.0. The number of hydrogen-bond acceptors (Lipinski definition) is 10. The molecule has 0 N–H and O–H groups in total. The van der Waals surface area contributed by atoms with Crippen LogP contribution in [0.25, 0.3) is 0 Å². The van der Waals surface area contributed by atoms with E-state index in [2.05, 4.69) is 14.9 Å². The van der Waals surface area contributed by atoms with Gasteiger partial charge in [0.25, 0.3) is 0 Å². The van der Waals surface area contributed by atoms with Crippen LogP contribution in [0.5, 0.6) is 29.0 Å². The van der Waals surface area contributed by atoms with E-state index in [-0.39, 0.29) is 22.6 Å². The van der Waals surface area contributed by atoms with E-state index in [4.69, 9.17) is 18.9 Å². The van der Waals surface area contributed by atoms with Crippen molar-refractivity contribution in [2.75, 3.05) is 33.6 Å². The number of methoxy groups -OCH3 is 2. The molecule has 0 aliphatic carbocycles. The predicted octanol–water partition coefficient (Wildman–Crippen LogP) is 3.92. The molecule has 39 heavy (non-hydrogen) atoms. The van der Waals surface area contributed by atoms with Gasteiger partial charge in [0.2, 0.25) is 11.8 Å². The maximum Gasteiger partial charge on any atom is 0.229 e. The third-order valence-electron chi connectivity index (χ3n) is 6.57. The summed E-state index contributed by atoms with van der Waals surface area (Å²) in [4.78, 5) is 22.3. The number of benzene rings is 2. The molecule has 0 spiro atoms. The van der Waals surface area contributed by atoms with E-state index in [1.807, 2.05) is 6.07 Å². The Balaban J connectivity index is 1.42. The highest BCUT2D eigenvalue weighted by Crippen LogP contribution is 2.35. The number of likely N-dealkylation sites (tertiary alicyclic amines) is 1. The third-order valence-corrected chi connectivity index (χ3v) is 7.68. The Labute approximate surface area is 226 Å². The van der Waals surface area contributed by atoms with Crippen molar-refractivity contribution in [2.45, 2.75) is 36.8 Å². The summed E-state index contributed by atoms with van der Waals surface area (Å²) in [5.74, 6) is 0.619. The number of aldehydes is 1. The summed E-state index contributed by atoms with van der Waals surface area (Å²) in [5.41, 5.74) is 1.23. The molecule has 10 nitrogen and oxygen atoms in total. The number of halogens is 1. The van der Waals surface area contributed by atoms with Gasteiger partial charge in [0.1, 0.15) is 30.2 Å². The van der Waals surface area contributed by atoms with Crippen molar-refractivity contribution in [1.29, 1.82) is 0 Å². The van der Waals surface area contributed by atoms with Crippen molar-refractivity contribution < 1.29 is 36.6 Å². The van der Waals surface area contributed by atoms with Gasteiger partial charge >= 0.3 is 0 Å². The second-order valence-electron chi connectivity index (χ2n) is 9.12. The molecular weight excluding hydrogens is 529 g/mol. The molecule has 208 valence electrons. The Kier molecular flexibility index (Phi) is 8.66. The summed E-state index contributed by atoms with van der Waals surface area (Å²) in [6, 6.07) is 8.33. The number of sulfone groups is 1. The Morgan fingerprint density at radius 1 is 1.03 bits per heavy atom. The lowest BCUT2D eigenvalue weighted by Gasteiger charge is -2.35. The van der Waals surface area contributed by atoms with Gasteiger partial charge in [-0.3, -0.25) is 4.90 Å². The van der Waals surface area contributed by atoms with Gasteiger partial charge in [0, 0.05) is 31.0 Å². The molecule has 1 saturated heterocycles. The Bertz CT molecular complexity index is 1440. The third kappa shape index (κ3) is 6.45. The maximum atomic E-state index is 14.5. The van der Waals surface area contributed by atoms with Crippen LogP contribution < -0.4 is 18.9 Å². The highest BCUT2D eigenvalue weighted by molar-refractivity contribution is 7.90. The first-order chi connectivity index (χ1) is 18.6. The van der Waals surface area contributed by atoms with Crippen LogP contribution in [0.4, 0.5) is 4.39 Å². The minimum absolute atomic E-state index is 0.0936. The van der Waals surface area contributed by atoms with E-state index in [0.717, 1.165) is 24.2 Å². The molecule has 1 atom stereocenters. The molecule has 1 unspecified atom stereocenters. The lowest BCUT2D eigenvalue weighted by molar-refractivity contribution is -0.113. The van der Waals surface area contributed by atoms with Crippen molar-refractivity contribution in [1.82, 2.24) is 14.9 Å². The van der Waals surface area contributed by atoms with Crippen molar-refractivity contribution in [2.24, 2.45) is 0 Å². The van der Waals surface area contributed by atoms with E-state index in [1.165, 1.54) is 18.5 Å². The summed E-state index contributed by atoms with van der Waals surface area (Å²) in [5, 5.41) is 0. The number of nitrogens with zero attached hydrogens (tertiary/aromatic N) is 3. The van der Waals surface area contributed by atoms with Crippen LogP contribution in [0.2, 0.25) is 0 Å². The summed E-state index contributed by atoms with van der Waals surface area (Å²) < 4.78 is 60.3. The van der Waals surface area contributed by atoms with Gasteiger partial charge in [0.05, 0.1) is 30.7 Å². The smallest absolute Gasteiger partial charge is 0.229 e. The summed E-state index contributed by atoms with van der Waals surface area (Å²) >= 11 is 0. The highest BCUT2D eigenvalue weighted by atomic mass is 32.2. The van der Waals surface area contributed by atoms with E-state index >= 15 is 0 Å². The fourth-order valence-electron chi connectivity index (χ4n) is 4.39. The molecule has 0 radical (unpaired) electrons.